The molecule has 0 aliphatic carbocycles. The summed E-state index contributed by atoms with van der Waals surface area (Å²) in [6.07, 6.45) is -0.810. The van der Waals surface area contributed by atoms with Crippen molar-refractivity contribution in [3.63, 3.8) is 0 Å². The van der Waals surface area contributed by atoms with Crippen LogP contribution in [0, 0.1) is 0 Å². The van der Waals surface area contributed by atoms with Gasteiger partial charge in [0.05, 0.1) is 12.3 Å². The van der Waals surface area contributed by atoms with E-state index < -0.39 is 18.2 Å². The molecular weight excluding hydrogens is 279 g/mol. The Hall–Kier alpha value is -1.30. The van der Waals surface area contributed by atoms with Gasteiger partial charge in [0.15, 0.2) is 0 Å². The number of imide groups is 1. The molecule has 2 fully saturated rings. The maximum Gasteiger partial charge on any atom is 0.334 e. The van der Waals surface area contributed by atoms with Crippen molar-refractivity contribution in [1.29, 1.82) is 0 Å². The fraction of sp³-hybridized carbons (Fsp3) is 0.273. The van der Waals surface area contributed by atoms with E-state index >= 15 is 0 Å². The van der Waals surface area contributed by atoms with Gasteiger partial charge < -0.3 is 4.74 Å². The summed E-state index contributed by atoms with van der Waals surface area (Å²) in [4.78, 5) is 26.6. The summed E-state index contributed by atoms with van der Waals surface area (Å²) < 4.78 is 5.22. The summed E-state index contributed by atoms with van der Waals surface area (Å²) in [6.45, 7) is 0.798. The van der Waals surface area contributed by atoms with Crippen molar-refractivity contribution >= 4 is 40.8 Å². The minimum atomic E-state index is -0.810. The van der Waals surface area contributed by atoms with Gasteiger partial charge in [0, 0.05) is 16.6 Å². The Morgan fingerprint density at radius 2 is 1.83 bits per heavy atom. The third-order valence-corrected chi connectivity index (χ3v) is 3.30. The summed E-state index contributed by atoms with van der Waals surface area (Å²) >= 11 is 11.7. The summed E-state index contributed by atoms with van der Waals surface area (Å²) in [5.41, 5.74) is 0.362. The molecule has 0 bridgehead atoms. The van der Waals surface area contributed by atoms with Crippen LogP contribution in [-0.4, -0.2) is 36.2 Å². The fourth-order valence-corrected chi connectivity index (χ4v) is 2.62. The highest BCUT2D eigenvalue weighted by Gasteiger charge is 2.49. The number of halogens is 2. The molecule has 2 aliphatic rings. The molecule has 2 aliphatic heterocycles. The first-order chi connectivity index (χ1) is 8.58. The third kappa shape index (κ3) is 1.67. The van der Waals surface area contributed by atoms with Crippen molar-refractivity contribution in [2.75, 3.05) is 18.1 Å². The molecule has 2 saturated heterocycles. The highest BCUT2D eigenvalue weighted by molar-refractivity contribution is 6.35. The molecule has 0 radical (unpaired) electrons. The van der Waals surface area contributed by atoms with Crippen LogP contribution in [0.1, 0.15) is 0 Å². The number of ether oxygens (including phenoxy) is 1. The number of hydrogen-bond acceptors (Lipinski definition) is 3. The molecule has 5 nitrogen and oxygen atoms in total. The Bertz CT molecular complexity index is 507. The lowest BCUT2D eigenvalue weighted by Crippen LogP contribution is -2.33. The second-order valence-electron chi connectivity index (χ2n) is 4.00. The van der Waals surface area contributed by atoms with Gasteiger partial charge in [-0.15, -0.1) is 0 Å². The minimum Gasteiger partial charge on any atom is -0.347 e. The van der Waals surface area contributed by atoms with Gasteiger partial charge in [-0.25, -0.2) is 9.69 Å². The summed E-state index contributed by atoms with van der Waals surface area (Å²) in [7, 11) is 0. The van der Waals surface area contributed by atoms with E-state index in [2.05, 4.69) is 0 Å². The summed E-state index contributed by atoms with van der Waals surface area (Å²) in [6, 6.07) is 4.17. The van der Waals surface area contributed by atoms with E-state index in [9.17, 15) is 9.59 Å². The van der Waals surface area contributed by atoms with Crippen LogP contribution in [0.4, 0.5) is 10.5 Å². The Morgan fingerprint density at radius 1 is 1.17 bits per heavy atom. The van der Waals surface area contributed by atoms with E-state index in [-0.39, 0.29) is 0 Å². The average molecular weight is 287 g/mol. The zero-order valence-electron chi connectivity index (χ0n) is 9.10. The molecular formula is C11H8Cl2N2O3. The topological polar surface area (TPSA) is 49.9 Å². The van der Waals surface area contributed by atoms with Gasteiger partial charge in [0.2, 0.25) is 6.23 Å². The first-order valence-electron chi connectivity index (χ1n) is 5.30. The van der Waals surface area contributed by atoms with Crippen LogP contribution in [-0.2, 0) is 9.53 Å². The predicted molar refractivity (Wildman–Crippen MR) is 65.8 cm³/mol. The largest absolute Gasteiger partial charge is 0.347 e. The van der Waals surface area contributed by atoms with Crippen molar-refractivity contribution in [1.82, 2.24) is 4.90 Å². The molecule has 0 spiro atoms. The van der Waals surface area contributed by atoms with Gasteiger partial charge in [0.1, 0.15) is 0 Å². The number of nitrogens with zero attached hydrogens (tertiary/aromatic N) is 2. The molecule has 1 atom stereocenters. The zero-order valence-corrected chi connectivity index (χ0v) is 10.6. The van der Waals surface area contributed by atoms with Crippen LogP contribution in [0.25, 0.3) is 0 Å². The normalized spacial score (nSPS) is 22.9. The zero-order chi connectivity index (χ0) is 12.9. The number of hydrogen-bond donors (Lipinski definition) is 0. The first-order valence-corrected chi connectivity index (χ1v) is 6.06. The van der Waals surface area contributed by atoms with Crippen molar-refractivity contribution in [3.05, 3.63) is 28.2 Å². The van der Waals surface area contributed by atoms with Crippen molar-refractivity contribution < 1.29 is 14.3 Å². The average Bonchev–Trinajstić information content (AvgIpc) is 2.83. The van der Waals surface area contributed by atoms with Crippen LogP contribution in [0.5, 0.6) is 0 Å². The molecule has 0 N–H and O–H groups in total. The van der Waals surface area contributed by atoms with Crippen molar-refractivity contribution in [2.45, 2.75) is 6.23 Å². The molecule has 0 aromatic heterocycles. The lowest BCUT2D eigenvalue weighted by molar-refractivity contribution is -0.127. The van der Waals surface area contributed by atoms with E-state index in [0.29, 0.717) is 28.9 Å². The fourth-order valence-electron chi connectivity index (χ4n) is 2.11. The Kier molecular flexibility index (Phi) is 2.69. The van der Waals surface area contributed by atoms with E-state index in [1.54, 1.807) is 0 Å². The van der Waals surface area contributed by atoms with Crippen LogP contribution >= 0.6 is 23.2 Å². The second kappa shape index (κ2) is 4.12. The van der Waals surface area contributed by atoms with E-state index in [4.69, 9.17) is 27.9 Å². The third-order valence-electron chi connectivity index (χ3n) is 2.87. The molecule has 2 heterocycles. The summed E-state index contributed by atoms with van der Waals surface area (Å²) in [5.74, 6) is -0.407. The first kappa shape index (κ1) is 11.8. The molecule has 3 rings (SSSR count). The molecule has 1 aromatic carbocycles. The highest BCUT2D eigenvalue weighted by Crippen LogP contribution is 2.31. The van der Waals surface area contributed by atoms with E-state index in [1.165, 1.54) is 23.1 Å². The van der Waals surface area contributed by atoms with Crippen LogP contribution in [0.2, 0.25) is 10.0 Å². The lowest BCUT2D eigenvalue weighted by atomic mass is 10.3. The lowest BCUT2D eigenvalue weighted by Gasteiger charge is -2.15. The quantitative estimate of drug-likeness (QED) is 0.743. The number of carbonyl (C=O) groups excluding carboxylic acids is 2. The van der Waals surface area contributed by atoms with Gasteiger partial charge in [-0.3, -0.25) is 9.69 Å². The van der Waals surface area contributed by atoms with Gasteiger partial charge in [-0.2, -0.15) is 0 Å². The van der Waals surface area contributed by atoms with Crippen LogP contribution < -0.4 is 4.90 Å². The minimum absolute atomic E-state index is 0.362. The number of carbonyl (C=O) groups is 2. The van der Waals surface area contributed by atoms with E-state index in [0.717, 1.165) is 4.90 Å². The SMILES string of the molecule is O=C1C2OCCN2C(=O)N1c1cc(Cl)cc(Cl)c1. The molecule has 0 saturated carbocycles. The van der Waals surface area contributed by atoms with Gasteiger partial charge in [-0.05, 0) is 18.2 Å². The molecule has 1 aromatic rings. The van der Waals surface area contributed by atoms with Crippen molar-refractivity contribution in [2.24, 2.45) is 0 Å². The number of anilines is 1. The molecule has 18 heavy (non-hydrogen) atoms. The number of benzene rings is 1. The van der Waals surface area contributed by atoms with Gasteiger partial charge in [0.25, 0.3) is 5.91 Å². The predicted octanol–water partition coefficient (Wildman–Crippen LogP) is 2.12. The molecule has 1 unspecified atom stereocenters. The Balaban J connectivity index is 2.02. The maximum absolute atomic E-state index is 12.1. The monoisotopic (exact) mass is 286 g/mol. The van der Waals surface area contributed by atoms with Gasteiger partial charge >= 0.3 is 6.03 Å². The number of urea groups is 1. The second-order valence-corrected chi connectivity index (χ2v) is 4.87. The molecule has 7 heteroatoms. The smallest absolute Gasteiger partial charge is 0.334 e. The maximum atomic E-state index is 12.1. The van der Waals surface area contributed by atoms with E-state index in [1.807, 2.05) is 0 Å². The molecule has 3 amide bonds. The highest BCUT2D eigenvalue weighted by atomic mass is 35.5. The van der Waals surface area contributed by atoms with Crippen LogP contribution in [0.15, 0.2) is 18.2 Å². The standard InChI is InChI=1S/C11H8Cl2N2O3/c12-6-3-7(13)5-8(4-6)15-9(16)10-14(11(15)17)1-2-18-10/h3-5,10H,1-2H2. The number of rotatable bonds is 1. The molecule has 94 valence electrons. The van der Waals surface area contributed by atoms with Crippen LogP contribution in [0.3, 0.4) is 0 Å². The Labute approximate surface area is 113 Å². The number of amides is 3. The summed E-state index contributed by atoms with van der Waals surface area (Å²) in [5, 5.41) is 0.733. The number of fused-ring (bicyclic) bond motifs is 1. The Morgan fingerprint density at radius 3 is 2.44 bits per heavy atom. The van der Waals surface area contributed by atoms with Crippen molar-refractivity contribution in [3.8, 4) is 0 Å². The van der Waals surface area contributed by atoms with Gasteiger partial charge in [-0.1, -0.05) is 23.2 Å².